The summed E-state index contributed by atoms with van der Waals surface area (Å²) in [5.74, 6) is 1.94. The van der Waals surface area contributed by atoms with Gasteiger partial charge in [0.2, 0.25) is 5.91 Å². The van der Waals surface area contributed by atoms with E-state index in [1.54, 1.807) is 6.92 Å². The van der Waals surface area contributed by atoms with Crippen LogP contribution in [0.15, 0.2) is 0 Å². The van der Waals surface area contributed by atoms with Crippen molar-refractivity contribution in [2.75, 3.05) is 19.6 Å². The van der Waals surface area contributed by atoms with E-state index in [0.29, 0.717) is 30.8 Å². The van der Waals surface area contributed by atoms with E-state index in [-0.39, 0.29) is 12.0 Å². The van der Waals surface area contributed by atoms with E-state index in [1.165, 1.54) is 25.7 Å². The summed E-state index contributed by atoms with van der Waals surface area (Å²) in [6, 6.07) is 0. The zero-order valence-electron chi connectivity index (χ0n) is 10.6. The van der Waals surface area contributed by atoms with Crippen LogP contribution in [0.2, 0.25) is 0 Å². The van der Waals surface area contributed by atoms with Gasteiger partial charge in [-0.05, 0) is 31.6 Å². The monoisotopic (exact) mass is 240 g/mol. The minimum absolute atomic E-state index is 0.251. The Balaban J connectivity index is 1.56. The second-order valence-electron chi connectivity index (χ2n) is 5.48. The average Bonchev–Trinajstić information content (AvgIpc) is 3.02. The second-order valence-corrected chi connectivity index (χ2v) is 5.48. The second kappa shape index (κ2) is 5.83. The van der Waals surface area contributed by atoms with Gasteiger partial charge in [-0.2, -0.15) is 0 Å². The molecule has 4 nitrogen and oxygen atoms in total. The van der Waals surface area contributed by atoms with Crippen molar-refractivity contribution in [3.8, 4) is 0 Å². The standard InChI is InChI=1S/C13H24N2O2/c1-9(16)8-14-6-7-15-13(17)12-10-4-2-3-5-11(10)12/h9-12,14,16H,2-8H2,1H3,(H,15,17). The highest BCUT2D eigenvalue weighted by atomic mass is 16.3. The first kappa shape index (κ1) is 12.8. The van der Waals surface area contributed by atoms with Crippen LogP contribution in [-0.2, 0) is 4.79 Å². The SMILES string of the molecule is CC(O)CNCCNC(=O)C1C2CCCCC21. The van der Waals surface area contributed by atoms with E-state index in [4.69, 9.17) is 5.11 Å². The van der Waals surface area contributed by atoms with Crippen molar-refractivity contribution in [3.63, 3.8) is 0 Å². The van der Waals surface area contributed by atoms with Crippen LogP contribution < -0.4 is 10.6 Å². The number of hydrogen-bond donors (Lipinski definition) is 3. The molecule has 2 fully saturated rings. The lowest BCUT2D eigenvalue weighted by atomic mass is 10.0. The summed E-state index contributed by atoms with van der Waals surface area (Å²) >= 11 is 0. The van der Waals surface area contributed by atoms with Gasteiger partial charge in [0.05, 0.1) is 6.10 Å². The lowest BCUT2D eigenvalue weighted by Crippen LogP contribution is -2.35. The molecule has 0 aromatic heterocycles. The van der Waals surface area contributed by atoms with Gasteiger partial charge in [0.1, 0.15) is 0 Å². The Kier molecular flexibility index (Phi) is 4.40. The summed E-state index contributed by atoms with van der Waals surface area (Å²) in [4.78, 5) is 11.9. The van der Waals surface area contributed by atoms with Gasteiger partial charge in [0.25, 0.3) is 0 Å². The molecule has 0 bridgehead atoms. The molecule has 2 aliphatic carbocycles. The van der Waals surface area contributed by atoms with Crippen molar-refractivity contribution in [2.24, 2.45) is 17.8 Å². The van der Waals surface area contributed by atoms with Crippen LogP contribution in [0, 0.1) is 17.8 Å². The van der Waals surface area contributed by atoms with E-state index in [1.807, 2.05) is 0 Å². The molecule has 98 valence electrons. The molecule has 3 unspecified atom stereocenters. The predicted molar refractivity (Wildman–Crippen MR) is 66.5 cm³/mol. The molecule has 17 heavy (non-hydrogen) atoms. The van der Waals surface area contributed by atoms with Crippen molar-refractivity contribution < 1.29 is 9.90 Å². The molecule has 0 aliphatic heterocycles. The van der Waals surface area contributed by atoms with Crippen molar-refractivity contribution in [3.05, 3.63) is 0 Å². The number of fused-ring (bicyclic) bond motifs is 1. The Bertz CT molecular complexity index is 256. The van der Waals surface area contributed by atoms with Gasteiger partial charge in [-0.1, -0.05) is 12.8 Å². The average molecular weight is 240 g/mol. The van der Waals surface area contributed by atoms with Gasteiger partial charge in [-0.15, -0.1) is 0 Å². The molecule has 2 rings (SSSR count). The molecular formula is C13H24N2O2. The molecule has 3 atom stereocenters. The third-order valence-electron chi connectivity index (χ3n) is 4.00. The number of aliphatic hydroxyl groups is 1. The van der Waals surface area contributed by atoms with E-state index < -0.39 is 0 Å². The van der Waals surface area contributed by atoms with Crippen LogP contribution in [0.4, 0.5) is 0 Å². The Morgan fingerprint density at radius 3 is 2.53 bits per heavy atom. The van der Waals surface area contributed by atoms with Gasteiger partial charge in [-0.3, -0.25) is 4.79 Å². The zero-order valence-corrected chi connectivity index (χ0v) is 10.6. The maximum absolute atomic E-state index is 11.9. The summed E-state index contributed by atoms with van der Waals surface area (Å²) < 4.78 is 0. The lowest BCUT2D eigenvalue weighted by Gasteiger charge is -2.08. The quantitative estimate of drug-likeness (QED) is 0.593. The van der Waals surface area contributed by atoms with Crippen molar-refractivity contribution >= 4 is 5.91 Å². The minimum atomic E-state index is -0.322. The van der Waals surface area contributed by atoms with E-state index in [9.17, 15) is 4.79 Å². The molecule has 4 heteroatoms. The minimum Gasteiger partial charge on any atom is -0.392 e. The van der Waals surface area contributed by atoms with E-state index in [2.05, 4.69) is 10.6 Å². The van der Waals surface area contributed by atoms with Crippen LogP contribution in [0.25, 0.3) is 0 Å². The fourth-order valence-electron chi connectivity index (χ4n) is 3.08. The van der Waals surface area contributed by atoms with Crippen molar-refractivity contribution in [1.82, 2.24) is 10.6 Å². The van der Waals surface area contributed by atoms with Crippen LogP contribution in [0.1, 0.15) is 32.6 Å². The first-order valence-electron chi connectivity index (χ1n) is 6.86. The van der Waals surface area contributed by atoms with Crippen LogP contribution in [0.3, 0.4) is 0 Å². The molecule has 0 aromatic carbocycles. The molecule has 3 N–H and O–H groups in total. The smallest absolute Gasteiger partial charge is 0.223 e. The number of nitrogens with one attached hydrogen (secondary N) is 2. The lowest BCUT2D eigenvalue weighted by molar-refractivity contribution is -0.122. The third-order valence-corrected chi connectivity index (χ3v) is 4.00. The van der Waals surface area contributed by atoms with E-state index >= 15 is 0 Å². The molecular weight excluding hydrogens is 216 g/mol. The normalized spacial score (nSPS) is 32.7. The topological polar surface area (TPSA) is 61.4 Å². The first-order valence-corrected chi connectivity index (χ1v) is 6.86. The molecule has 0 heterocycles. The maximum Gasteiger partial charge on any atom is 0.223 e. The first-order chi connectivity index (χ1) is 8.20. The van der Waals surface area contributed by atoms with Gasteiger partial charge in [-0.25, -0.2) is 0 Å². The number of aliphatic hydroxyl groups excluding tert-OH is 1. The van der Waals surface area contributed by atoms with Gasteiger partial charge >= 0.3 is 0 Å². The Morgan fingerprint density at radius 1 is 1.29 bits per heavy atom. The summed E-state index contributed by atoms with van der Waals surface area (Å²) in [6.07, 6.45) is 4.80. The van der Waals surface area contributed by atoms with Crippen LogP contribution >= 0.6 is 0 Å². The fourth-order valence-corrected chi connectivity index (χ4v) is 3.08. The van der Waals surface area contributed by atoms with Crippen LogP contribution in [-0.4, -0.2) is 36.8 Å². The largest absolute Gasteiger partial charge is 0.392 e. The molecule has 0 aromatic rings. The number of hydrogen-bond acceptors (Lipinski definition) is 3. The molecule has 1 amide bonds. The third kappa shape index (κ3) is 3.42. The summed E-state index contributed by atoms with van der Waals surface area (Å²) in [5, 5.41) is 15.1. The number of amides is 1. The van der Waals surface area contributed by atoms with Gasteiger partial charge in [0, 0.05) is 25.6 Å². The van der Waals surface area contributed by atoms with Gasteiger partial charge in [0.15, 0.2) is 0 Å². The summed E-state index contributed by atoms with van der Waals surface area (Å²) in [5.41, 5.74) is 0. The molecule has 0 spiro atoms. The highest BCUT2D eigenvalue weighted by Gasteiger charge is 2.54. The van der Waals surface area contributed by atoms with Crippen LogP contribution in [0.5, 0.6) is 0 Å². The van der Waals surface area contributed by atoms with E-state index in [0.717, 1.165) is 6.54 Å². The highest BCUT2D eigenvalue weighted by Crippen LogP contribution is 2.55. The summed E-state index contributed by atoms with van der Waals surface area (Å²) in [6.45, 7) is 3.74. The molecule has 2 aliphatic rings. The summed E-state index contributed by atoms with van der Waals surface area (Å²) in [7, 11) is 0. The van der Waals surface area contributed by atoms with Crippen molar-refractivity contribution in [1.29, 1.82) is 0 Å². The predicted octanol–water partition coefficient (Wildman–Crippen LogP) is 0.509. The number of carbonyl (C=O) groups is 1. The zero-order chi connectivity index (χ0) is 12.3. The Morgan fingerprint density at radius 2 is 1.94 bits per heavy atom. The molecule has 0 saturated heterocycles. The number of rotatable bonds is 6. The Labute approximate surface area is 103 Å². The number of carbonyl (C=O) groups excluding carboxylic acids is 1. The van der Waals surface area contributed by atoms with Crippen molar-refractivity contribution in [2.45, 2.75) is 38.7 Å². The van der Waals surface area contributed by atoms with Gasteiger partial charge < -0.3 is 15.7 Å². The fraction of sp³-hybridized carbons (Fsp3) is 0.923. The maximum atomic E-state index is 11.9. The Hall–Kier alpha value is -0.610. The molecule has 2 saturated carbocycles. The molecule has 0 radical (unpaired) electrons. The highest BCUT2D eigenvalue weighted by molar-refractivity contribution is 5.82.